The molecule has 0 aromatic rings. The number of aliphatic hydroxyl groups excluding tert-OH is 12. The van der Waals surface area contributed by atoms with Gasteiger partial charge in [0.25, 0.3) is 0 Å². The van der Waals surface area contributed by atoms with E-state index in [1.54, 1.807) is 0 Å². The van der Waals surface area contributed by atoms with Crippen molar-refractivity contribution in [2.24, 2.45) is 65.8 Å². The Bertz CT molecular complexity index is 2160. The quantitative estimate of drug-likeness (QED) is 0.0195. The van der Waals surface area contributed by atoms with Gasteiger partial charge in [-0.1, -0.05) is 0 Å². The van der Waals surface area contributed by atoms with E-state index >= 15 is 0 Å². The second-order valence-electron chi connectivity index (χ2n) is 21.8. The number of aliphatic imine (C=N–C) groups is 4. The molecular weight excluding hydrogens is 1130 g/mol. The van der Waals surface area contributed by atoms with Crippen LogP contribution in [0.5, 0.6) is 0 Å². The molecule has 482 valence electrons. The Kier molecular flexibility index (Phi) is 22.9. The van der Waals surface area contributed by atoms with Crippen LogP contribution in [0, 0.1) is 0 Å². The van der Waals surface area contributed by atoms with Crippen LogP contribution in [0.15, 0.2) is 20.0 Å². The van der Waals surface area contributed by atoms with Gasteiger partial charge in [-0.25, -0.2) is 20.0 Å². The molecule has 30 N–H and O–H groups in total. The van der Waals surface area contributed by atoms with Crippen molar-refractivity contribution in [3.05, 3.63) is 0 Å². The van der Waals surface area contributed by atoms with Crippen LogP contribution in [-0.4, -0.2) is 341 Å². The Morgan fingerprint density at radius 2 is 0.762 bits per heavy atom. The molecule has 4 heterocycles. The molecule has 38 nitrogen and oxygen atoms in total. The number of aliphatic hydroxyl groups is 14. The lowest BCUT2D eigenvalue weighted by Crippen LogP contribution is -2.67. The van der Waals surface area contributed by atoms with E-state index in [0.717, 1.165) is 0 Å². The summed E-state index contributed by atoms with van der Waals surface area (Å²) in [6.07, 6.45) is -38.9. The van der Waals surface area contributed by atoms with Crippen molar-refractivity contribution >= 4 is 36.4 Å². The van der Waals surface area contributed by atoms with Crippen LogP contribution in [0.3, 0.4) is 0 Å². The zero-order chi connectivity index (χ0) is 62.8. The summed E-state index contributed by atoms with van der Waals surface area (Å²) in [6.45, 7) is 0.795. The first kappa shape index (κ1) is 68.6. The minimum absolute atomic E-state index is 0.0114. The average Bonchev–Trinajstić information content (AvgIpc) is 3.84. The van der Waals surface area contributed by atoms with Gasteiger partial charge in [0, 0.05) is 0 Å². The van der Waals surface area contributed by atoms with E-state index in [-0.39, 0.29) is 38.5 Å². The summed E-state index contributed by atoms with van der Waals surface area (Å²) < 4.78 is 48.2. The minimum Gasteiger partial charge on any atom is -0.394 e. The number of likely N-dealkylation sites (N-methyl/N-ethyl adjacent to an activating group) is 2. The standard InChI is InChI=1S/C46H84N14O24/c1-13-45(75,11-63)35(39(77-13)81-33-19(57-43(51)52)25(67)17(55-41(47)48)27(69)31(33)73)83-37-21(29(71)23(65)15(9-61)79-37)59(3)7-5-6-8-60(4)22-30(72)24(66)16(10-62)80-38(22)84-36-40(78-14(2)46(36,76)12-64)82-34-20(58-44(53)54)26(68)18(56-42(49)50)28(70)32(34)74/h11-40,61-62,65-76H,5-10H2,1-4H3,(H4,47,48,55)(H4,49,50,56)(H4,51,52,57)(H4,53,54,58)/t13-,14-,15?,16?,17?,18?,19+,20+,21+,22?,23+,24+,25?,26?,27-,28-,29?,30-,31-,32?,33?,34+,35-,36?,37+,38+,39+,40+,45?,46+/m1/s1. The van der Waals surface area contributed by atoms with Gasteiger partial charge in [-0.05, 0) is 53.9 Å². The zero-order valence-electron chi connectivity index (χ0n) is 46.2. The largest absolute Gasteiger partial charge is 0.394 e. The number of rotatable bonds is 23. The fourth-order valence-electron chi connectivity index (χ4n) is 11.5. The smallest absolute Gasteiger partial charge is 0.188 e. The summed E-state index contributed by atoms with van der Waals surface area (Å²) in [7, 11) is 2.96. The number of unbranched alkanes of at least 4 members (excludes halogenated alkanes) is 1. The van der Waals surface area contributed by atoms with Crippen molar-refractivity contribution in [2.45, 2.75) is 209 Å². The van der Waals surface area contributed by atoms with Crippen molar-refractivity contribution in [3.8, 4) is 0 Å². The molecule has 0 aromatic carbocycles. The first-order valence-corrected chi connectivity index (χ1v) is 26.7. The third kappa shape index (κ3) is 13.9. The van der Waals surface area contributed by atoms with E-state index in [1.165, 1.54) is 37.7 Å². The topological polar surface area (TPSA) is 655 Å². The number of aldehydes is 2. The molecule has 4 saturated heterocycles. The van der Waals surface area contributed by atoms with Crippen molar-refractivity contribution in [1.82, 2.24) is 9.80 Å². The van der Waals surface area contributed by atoms with Gasteiger partial charge in [0.2, 0.25) is 0 Å². The molecule has 2 aliphatic carbocycles. The Hall–Kier alpha value is -4.54. The first-order valence-electron chi connectivity index (χ1n) is 26.7. The molecule has 0 amide bonds. The van der Waals surface area contributed by atoms with Gasteiger partial charge >= 0.3 is 0 Å². The van der Waals surface area contributed by atoms with Gasteiger partial charge in [0.15, 0.2) is 72.8 Å². The Morgan fingerprint density at radius 3 is 1.05 bits per heavy atom. The third-order valence-electron chi connectivity index (χ3n) is 16.2. The Morgan fingerprint density at radius 1 is 0.452 bits per heavy atom. The monoisotopic (exact) mass is 1220 g/mol. The van der Waals surface area contributed by atoms with Gasteiger partial charge < -0.3 is 155 Å². The molecule has 84 heavy (non-hydrogen) atoms. The normalized spacial score (nSPS) is 46.1. The highest BCUT2D eigenvalue weighted by atomic mass is 16.8. The number of carbonyl (C=O) groups is 2. The molecule has 0 bridgehead atoms. The number of guanidine groups is 4. The molecule has 0 aromatic heterocycles. The maximum Gasteiger partial charge on any atom is 0.188 e. The first-order chi connectivity index (χ1) is 39.3. The fourth-order valence-corrected chi connectivity index (χ4v) is 11.5. The molecular formula is C46H84N14O24. The number of carbonyl (C=O) groups excluding carboxylic acids is 2. The lowest BCUT2D eigenvalue weighted by atomic mass is 9.81. The molecule has 12 unspecified atom stereocenters. The van der Waals surface area contributed by atoms with Crippen LogP contribution in [0.1, 0.15) is 26.7 Å². The lowest BCUT2D eigenvalue weighted by molar-refractivity contribution is -0.324. The molecule has 6 rings (SSSR count). The van der Waals surface area contributed by atoms with E-state index in [1.807, 2.05) is 0 Å². The number of hydrogen-bond donors (Lipinski definition) is 22. The van der Waals surface area contributed by atoms with Crippen LogP contribution in [-0.2, 0) is 47.5 Å². The van der Waals surface area contributed by atoms with Gasteiger partial charge in [-0.3, -0.25) is 19.4 Å². The van der Waals surface area contributed by atoms with E-state index in [2.05, 4.69) is 20.0 Å². The molecule has 6 aliphatic rings. The van der Waals surface area contributed by atoms with E-state index in [0.29, 0.717) is 0 Å². The minimum atomic E-state index is -2.60. The van der Waals surface area contributed by atoms with Crippen LogP contribution >= 0.6 is 0 Å². The maximum atomic E-state index is 12.8. The highest BCUT2D eigenvalue weighted by Crippen LogP contribution is 2.42. The second-order valence-corrected chi connectivity index (χ2v) is 21.8. The van der Waals surface area contributed by atoms with Gasteiger partial charge in [-0.2, -0.15) is 0 Å². The zero-order valence-corrected chi connectivity index (χ0v) is 46.2. The van der Waals surface area contributed by atoms with Gasteiger partial charge in [-0.15, -0.1) is 0 Å². The summed E-state index contributed by atoms with van der Waals surface area (Å²) in [5.41, 5.74) is 39.3. The van der Waals surface area contributed by atoms with Crippen molar-refractivity contribution in [2.75, 3.05) is 40.4 Å². The predicted octanol–water partition coefficient (Wildman–Crippen LogP) is -15.1. The molecule has 6 fully saturated rings. The van der Waals surface area contributed by atoms with Crippen LogP contribution in [0.4, 0.5) is 0 Å². The number of ether oxygens (including phenoxy) is 8. The summed E-state index contributed by atoms with van der Waals surface area (Å²) in [5, 5.41) is 157. The molecule has 0 spiro atoms. The molecule has 2 saturated carbocycles. The van der Waals surface area contributed by atoms with E-state index in [4.69, 9.17) is 83.8 Å². The molecule has 4 aliphatic heterocycles. The van der Waals surface area contributed by atoms with Gasteiger partial charge in [0.1, 0.15) is 122 Å². The van der Waals surface area contributed by atoms with Crippen molar-refractivity contribution in [3.63, 3.8) is 0 Å². The second kappa shape index (κ2) is 28.1. The molecule has 30 atom stereocenters. The van der Waals surface area contributed by atoms with Crippen molar-refractivity contribution in [1.29, 1.82) is 0 Å². The SMILES string of the molecule is C[C@H]1O[C@@H](OC2[C@@H](N=C(N)N)C(O)C(N=C(N)N)[C@@H](O)[C@H]2O)[C@@H](O[C@@H]2OC(CO)[C@H](O)C(O)[C@@H]2N(C)CCCCN(C)C2[C@H](OC3[C@H](O[C@@H]4C(O)[C@H](O)C(N=C(N)N)C(O)[C@@H]4N=C(N)N)O[C@H](C)[C@@]3(O)C=O)OC(CO)[C@H](O)[C@@H]2O)C1(O)C=O. The molecule has 0 radical (unpaired) electrons. The number of nitrogens with zero attached hydrogens (tertiary/aromatic N) is 6. The van der Waals surface area contributed by atoms with Crippen LogP contribution in [0.2, 0.25) is 0 Å². The van der Waals surface area contributed by atoms with Gasteiger partial charge in [0.05, 0.1) is 37.5 Å². The Labute approximate surface area is 479 Å². The van der Waals surface area contributed by atoms with Crippen molar-refractivity contribution < 1.29 is 119 Å². The lowest BCUT2D eigenvalue weighted by Gasteiger charge is -2.48. The summed E-state index contributed by atoms with van der Waals surface area (Å²) >= 11 is 0. The highest BCUT2D eigenvalue weighted by Gasteiger charge is 2.63. The maximum absolute atomic E-state index is 12.8. The summed E-state index contributed by atoms with van der Waals surface area (Å²) in [4.78, 5) is 43.9. The average molecular weight is 1220 g/mol. The van der Waals surface area contributed by atoms with Crippen LogP contribution < -0.4 is 45.9 Å². The highest BCUT2D eigenvalue weighted by molar-refractivity contribution is 5.77. The number of hydrogen-bond acceptors (Lipinski definition) is 30. The summed E-state index contributed by atoms with van der Waals surface area (Å²) in [6, 6.07) is -9.27. The predicted molar refractivity (Wildman–Crippen MR) is 282 cm³/mol. The molecule has 38 heteroatoms. The fraction of sp³-hybridized carbons (Fsp3) is 0.870. The van der Waals surface area contributed by atoms with Crippen LogP contribution in [0.25, 0.3) is 0 Å². The number of nitrogens with two attached hydrogens (primary N) is 8. The van der Waals surface area contributed by atoms with E-state index in [9.17, 15) is 81.1 Å². The van der Waals surface area contributed by atoms with E-state index < -0.39 is 220 Å². The Balaban J connectivity index is 1.21. The summed E-state index contributed by atoms with van der Waals surface area (Å²) in [5.74, 6) is -2.39. The third-order valence-corrected chi connectivity index (χ3v) is 16.2.